The minimum absolute atomic E-state index is 0.00846. The van der Waals surface area contributed by atoms with Crippen molar-refractivity contribution in [2.24, 2.45) is 11.8 Å². The van der Waals surface area contributed by atoms with Gasteiger partial charge in [0.2, 0.25) is 11.8 Å². The zero-order chi connectivity index (χ0) is 21.2. The number of nitrogens with one attached hydrogen (secondary N) is 3. The Balaban J connectivity index is 1.45. The third-order valence-electron chi connectivity index (χ3n) is 4.85. The lowest BCUT2D eigenvalue weighted by Crippen LogP contribution is -2.44. The van der Waals surface area contributed by atoms with Gasteiger partial charge < -0.3 is 10.2 Å². The van der Waals surface area contributed by atoms with E-state index < -0.39 is 29.4 Å². The molecule has 1 saturated carbocycles. The van der Waals surface area contributed by atoms with Crippen LogP contribution in [0.1, 0.15) is 31.2 Å². The number of amides is 4. The Bertz CT molecular complexity index is 814. The summed E-state index contributed by atoms with van der Waals surface area (Å²) in [5.74, 6) is -0.211. The number of rotatable bonds is 4. The molecule has 1 heterocycles. The third kappa shape index (κ3) is 5.84. The Kier molecular flexibility index (Phi) is 6.35. The van der Waals surface area contributed by atoms with Gasteiger partial charge in [-0.05, 0) is 43.4 Å². The summed E-state index contributed by atoms with van der Waals surface area (Å²) in [6.45, 7) is 1.12. The zero-order valence-electron chi connectivity index (χ0n) is 15.3. The number of carbonyl (C=O) groups is 3. The van der Waals surface area contributed by atoms with Crippen LogP contribution >= 0.6 is 15.9 Å². The summed E-state index contributed by atoms with van der Waals surface area (Å²) in [6, 6.07) is 2.32. The van der Waals surface area contributed by atoms with Crippen molar-refractivity contribution in [3.05, 3.63) is 28.2 Å². The molecule has 7 nitrogen and oxygen atoms in total. The van der Waals surface area contributed by atoms with Crippen LogP contribution < -0.4 is 16.2 Å². The second-order valence-corrected chi connectivity index (χ2v) is 8.15. The number of hydrogen-bond donors (Lipinski definition) is 3. The van der Waals surface area contributed by atoms with E-state index in [1.54, 1.807) is 4.90 Å². The lowest BCUT2D eigenvalue weighted by molar-refractivity contribution is -0.137. The Morgan fingerprint density at radius 1 is 1.14 bits per heavy atom. The summed E-state index contributed by atoms with van der Waals surface area (Å²) in [7, 11) is 0. The fourth-order valence-electron chi connectivity index (χ4n) is 3.24. The first kappa shape index (κ1) is 21.4. The fraction of sp³-hybridized carbons (Fsp3) is 0.500. The predicted octanol–water partition coefficient (Wildman–Crippen LogP) is 3.27. The van der Waals surface area contributed by atoms with Crippen LogP contribution in [0.3, 0.4) is 0 Å². The Morgan fingerprint density at radius 2 is 1.86 bits per heavy atom. The number of urea groups is 1. The van der Waals surface area contributed by atoms with Gasteiger partial charge in [0.25, 0.3) is 0 Å². The number of benzene rings is 1. The fourth-order valence-corrected chi connectivity index (χ4v) is 3.60. The van der Waals surface area contributed by atoms with Crippen LogP contribution in [-0.4, -0.2) is 35.8 Å². The number of halogens is 4. The van der Waals surface area contributed by atoms with Gasteiger partial charge in [-0.3, -0.25) is 15.0 Å². The van der Waals surface area contributed by atoms with Gasteiger partial charge in [-0.15, -0.1) is 0 Å². The molecule has 158 valence electrons. The lowest BCUT2D eigenvalue weighted by atomic mass is 10.1. The summed E-state index contributed by atoms with van der Waals surface area (Å²) in [4.78, 5) is 37.7. The lowest BCUT2D eigenvalue weighted by Gasteiger charge is -2.16. The minimum atomic E-state index is -4.65. The molecular formula is C18H20BrF3N4O3. The van der Waals surface area contributed by atoms with Gasteiger partial charge in [0.15, 0.2) is 0 Å². The number of nitrogens with zero attached hydrogens (tertiary/aromatic N) is 1. The van der Waals surface area contributed by atoms with Crippen LogP contribution in [0.2, 0.25) is 0 Å². The highest BCUT2D eigenvalue weighted by Gasteiger charge is 2.37. The molecule has 3 N–H and O–H groups in total. The molecule has 0 aromatic heterocycles. The molecule has 0 bridgehead atoms. The van der Waals surface area contributed by atoms with Gasteiger partial charge in [0, 0.05) is 29.9 Å². The first-order chi connectivity index (χ1) is 13.6. The van der Waals surface area contributed by atoms with Gasteiger partial charge in [0.1, 0.15) is 0 Å². The van der Waals surface area contributed by atoms with E-state index >= 15 is 0 Å². The maximum atomic E-state index is 13.1. The quantitative estimate of drug-likeness (QED) is 0.582. The van der Waals surface area contributed by atoms with Gasteiger partial charge in [0.05, 0.1) is 11.3 Å². The summed E-state index contributed by atoms with van der Waals surface area (Å²) < 4.78 is 39.4. The summed E-state index contributed by atoms with van der Waals surface area (Å²) in [6.07, 6.45) is -1.99. The molecule has 1 aromatic rings. The van der Waals surface area contributed by atoms with Gasteiger partial charge >= 0.3 is 12.2 Å². The molecule has 1 aromatic carbocycles. The van der Waals surface area contributed by atoms with E-state index in [1.807, 2.05) is 0 Å². The highest BCUT2D eigenvalue weighted by Crippen LogP contribution is 2.36. The highest BCUT2D eigenvalue weighted by atomic mass is 79.9. The van der Waals surface area contributed by atoms with Crippen molar-refractivity contribution in [3.8, 4) is 0 Å². The SMILES string of the molecule is O=C(C[C@@H]1CCN(C(=O)C2CC2)C1)NNC(=O)Nc1ccc(Br)cc1C(F)(F)F. The second-order valence-electron chi connectivity index (χ2n) is 7.23. The van der Waals surface area contributed by atoms with Crippen LogP contribution in [0.4, 0.5) is 23.7 Å². The topological polar surface area (TPSA) is 90.5 Å². The second kappa shape index (κ2) is 8.60. The van der Waals surface area contributed by atoms with E-state index in [1.165, 1.54) is 6.07 Å². The summed E-state index contributed by atoms with van der Waals surface area (Å²) >= 11 is 2.96. The van der Waals surface area contributed by atoms with Crippen molar-refractivity contribution in [1.82, 2.24) is 15.8 Å². The molecule has 2 aliphatic rings. The first-order valence-electron chi connectivity index (χ1n) is 9.15. The van der Waals surface area contributed by atoms with E-state index in [9.17, 15) is 27.6 Å². The molecule has 29 heavy (non-hydrogen) atoms. The van der Waals surface area contributed by atoms with Gasteiger partial charge in [-0.2, -0.15) is 13.2 Å². The Morgan fingerprint density at radius 3 is 2.52 bits per heavy atom. The van der Waals surface area contributed by atoms with Crippen molar-refractivity contribution >= 4 is 39.5 Å². The van der Waals surface area contributed by atoms with Crippen molar-refractivity contribution in [2.75, 3.05) is 18.4 Å². The largest absolute Gasteiger partial charge is 0.418 e. The molecule has 11 heteroatoms. The Labute approximate surface area is 173 Å². The van der Waals surface area contributed by atoms with Crippen molar-refractivity contribution in [1.29, 1.82) is 0 Å². The zero-order valence-corrected chi connectivity index (χ0v) is 16.9. The van der Waals surface area contributed by atoms with Gasteiger partial charge in [-0.1, -0.05) is 15.9 Å². The molecule has 3 rings (SSSR count). The number of anilines is 1. The summed E-state index contributed by atoms with van der Waals surface area (Å²) in [5, 5.41) is 2.08. The van der Waals surface area contributed by atoms with E-state index in [0.717, 1.165) is 25.0 Å². The van der Waals surface area contributed by atoms with E-state index in [0.29, 0.717) is 19.5 Å². The van der Waals surface area contributed by atoms with E-state index in [2.05, 4.69) is 32.1 Å². The maximum absolute atomic E-state index is 13.1. The smallest absolute Gasteiger partial charge is 0.342 e. The molecule has 0 radical (unpaired) electrons. The minimum Gasteiger partial charge on any atom is -0.342 e. The molecule has 2 fully saturated rings. The number of alkyl halides is 3. The van der Waals surface area contributed by atoms with Gasteiger partial charge in [-0.25, -0.2) is 10.2 Å². The van der Waals surface area contributed by atoms with Crippen LogP contribution in [-0.2, 0) is 15.8 Å². The normalized spacial score (nSPS) is 19.0. The molecule has 1 aliphatic heterocycles. The molecule has 1 saturated heterocycles. The molecular weight excluding hydrogens is 457 g/mol. The number of likely N-dealkylation sites (tertiary alicyclic amines) is 1. The van der Waals surface area contributed by atoms with Crippen LogP contribution in [0, 0.1) is 11.8 Å². The highest BCUT2D eigenvalue weighted by molar-refractivity contribution is 9.10. The number of hydrazine groups is 1. The summed E-state index contributed by atoms with van der Waals surface area (Å²) in [5.41, 5.74) is 2.79. The molecule has 0 spiro atoms. The Hall–Kier alpha value is -2.30. The van der Waals surface area contributed by atoms with Crippen LogP contribution in [0.5, 0.6) is 0 Å². The maximum Gasteiger partial charge on any atom is 0.418 e. The van der Waals surface area contributed by atoms with Crippen LogP contribution in [0.15, 0.2) is 22.7 Å². The number of hydrogen-bond acceptors (Lipinski definition) is 3. The standard InChI is InChI=1S/C18H20BrF3N4O3/c19-12-3-4-14(13(8-12)18(20,21)22)23-17(29)25-24-15(27)7-10-5-6-26(9-10)16(28)11-1-2-11/h3-4,8,10-11H,1-2,5-7,9H2,(H,24,27)(H2,23,25,29)/t10-/m0/s1. The van der Waals surface area contributed by atoms with E-state index in [-0.39, 0.29) is 28.6 Å². The van der Waals surface area contributed by atoms with Crippen LogP contribution in [0.25, 0.3) is 0 Å². The van der Waals surface area contributed by atoms with E-state index in [4.69, 9.17) is 0 Å². The monoisotopic (exact) mass is 476 g/mol. The average molecular weight is 477 g/mol. The number of carbonyl (C=O) groups excluding carboxylic acids is 3. The molecule has 0 unspecified atom stereocenters. The van der Waals surface area contributed by atoms with Crippen molar-refractivity contribution < 1.29 is 27.6 Å². The molecule has 1 aliphatic carbocycles. The first-order valence-corrected chi connectivity index (χ1v) is 9.94. The molecule has 4 amide bonds. The van der Waals surface area contributed by atoms with Crippen molar-refractivity contribution in [3.63, 3.8) is 0 Å². The average Bonchev–Trinajstić information content (AvgIpc) is 3.39. The van der Waals surface area contributed by atoms with Crippen molar-refractivity contribution in [2.45, 2.75) is 31.9 Å². The third-order valence-corrected chi connectivity index (χ3v) is 5.34. The molecule has 1 atom stereocenters. The predicted molar refractivity (Wildman–Crippen MR) is 101 cm³/mol.